The van der Waals surface area contributed by atoms with Crippen LogP contribution in [-0.2, 0) is 6.61 Å². The maximum Gasteiger partial charge on any atom is 0.136 e. The van der Waals surface area contributed by atoms with Crippen molar-refractivity contribution < 1.29 is 9.52 Å². The van der Waals surface area contributed by atoms with E-state index in [0.717, 1.165) is 26.7 Å². The highest BCUT2D eigenvalue weighted by Gasteiger charge is 2.09. The van der Waals surface area contributed by atoms with Gasteiger partial charge < -0.3 is 9.52 Å². The van der Waals surface area contributed by atoms with Crippen LogP contribution in [0.2, 0.25) is 0 Å². The van der Waals surface area contributed by atoms with Gasteiger partial charge in [-0.05, 0) is 40.2 Å². The SMILES string of the molecule is OCc1ccc(-c2cccc3cc(Br)cnc23)o1. The largest absolute Gasteiger partial charge is 0.459 e. The van der Waals surface area contributed by atoms with Gasteiger partial charge in [-0.3, -0.25) is 4.98 Å². The smallest absolute Gasteiger partial charge is 0.136 e. The number of furan rings is 1. The van der Waals surface area contributed by atoms with Crippen LogP contribution in [-0.4, -0.2) is 10.1 Å². The topological polar surface area (TPSA) is 46.3 Å². The number of para-hydroxylation sites is 1. The van der Waals surface area contributed by atoms with Gasteiger partial charge in [-0.15, -0.1) is 0 Å². The molecule has 90 valence electrons. The lowest BCUT2D eigenvalue weighted by molar-refractivity contribution is 0.248. The Balaban J connectivity index is 2.22. The second-order valence-electron chi connectivity index (χ2n) is 3.95. The molecule has 0 saturated carbocycles. The van der Waals surface area contributed by atoms with Crippen molar-refractivity contribution in [1.82, 2.24) is 4.98 Å². The van der Waals surface area contributed by atoms with Gasteiger partial charge >= 0.3 is 0 Å². The van der Waals surface area contributed by atoms with E-state index >= 15 is 0 Å². The monoisotopic (exact) mass is 303 g/mol. The zero-order valence-corrected chi connectivity index (χ0v) is 11.0. The van der Waals surface area contributed by atoms with Crippen LogP contribution in [0.15, 0.2) is 51.5 Å². The Kier molecular flexibility index (Phi) is 2.89. The summed E-state index contributed by atoms with van der Waals surface area (Å²) in [5, 5.41) is 10.1. The number of fused-ring (bicyclic) bond motifs is 1. The van der Waals surface area contributed by atoms with E-state index in [1.807, 2.05) is 30.3 Å². The van der Waals surface area contributed by atoms with Crippen LogP contribution in [0.1, 0.15) is 5.76 Å². The van der Waals surface area contributed by atoms with Crippen LogP contribution in [0.25, 0.3) is 22.2 Å². The van der Waals surface area contributed by atoms with Crippen molar-refractivity contribution in [2.24, 2.45) is 0 Å². The Morgan fingerprint density at radius 3 is 2.89 bits per heavy atom. The quantitative estimate of drug-likeness (QED) is 0.784. The molecule has 0 aliphatic heterocycles. The third-order valence-electron chi connectivity index (χ3n) is 2.76. The first-order valence-electron chi connectivity index (χ1n) is 5.52. The normalized spacial score (nSPS) is 11.0. The molecule has 18 heavy (non-hydrogen) atoms. The molecule has 0 bridgehead atoms. The molecule has 3 aromatic rings. The average Bonchev–Trinajstić information content (AvgIpc) is 2.86. The number of aromatic nitrogens is 1. The van der Waals surface area contributed by atoms with Crippen molar-refractivity contribution in [3.63, 3.8) is 0 Å². The van der Waals surface area contributed by atoms with Gasteiger partial charge in [-0.2, -0.15) is 0 Å². The number of halogens is 1. The van der Waals surface area contributed by atoms with E-state index in [1.54, 1.807) is 12.3 Å². The highest BCUT2D eigenvalue weighted by molar-refractivity contribution is 9.10. The molecule has 2 aromatic heterocycles. The summed E-state index contributed by atoms with van der Waals surface area (Å²) in [6, 6.07) is 11.6. The molecule has 0 amide bonds. The maximum absolute atomic E-state index is 9.03. The predicted octanol–water partition coefficient (Wildman–Crippen LogP) is 3.75. The van der Waals surface area contributed by atoms with Gasteiger partial charge in [0.25, 0.3) is 0 Å². The van der Waals surface area contributed by atoms with Crippen LogP contribution in [0.4, 0.5) is 0 Å². The van der Waals surface area contributed by atoms with Crippen molar-refractivity contribution in [1.29, 1.82) is 0 Å². The Morgan fingerprint density at radius 2 is 2.11 bits per heavy atom. The van der Waals surface area contributed by atoms with Gasteiger partial charge in [-0.25, -0.2) is 0 Å². The van der Waals surface area contributed by atoms with Gasteiger partial charge in [0.1, 0.15) is 18.1 Å². The standard InChI is InChI=1S/C14H10BrNO2/c15-10-6-9-2-1-3-12(14(9)16-7-10)13-5-4-11(8-17)18-13/h1-7,17H,8H2. The zero-order chi connectivity index (χ0) is 12.5. The fraction of sp³-hybridized carbons (Fsp3) is 0.0714. The molecule has 4 heteroatoms. The highest BCUT2D eigenvalue weighted by Crippen LogP contribution is 2.29. The Hall–Kier alpha value is -1.65. The predicted molar refractivity (Wildman–Crippen MR) is 73.1 cm³/mol. The summed E-state index contributed by atoms with van der Waals surface area (Å²) in [6.45, 7) is -0.0935. The minimum absolute atomic E-state index is 0.0935. The van der Waals surface area contributed by atoms with Crippen molar-refractivity contribution in [2.45, 2.75) is 6.61 Å². The lowest BCUT2D eigenvalue weighted by Crippen LogP contribution is -1.83. The minimum atomic E-state index is -0.0935. The molecular formula is C14H10BrNO2. The number of benzene rings is 1. The number of rotatable bonds is 2. The van der Waals surface area contributed by atoms with Gasteiger partial charge in [0.15, 0.2) is 0 Å². The fourth-order valence-corrected chi connectivity index (χ4v) is 2.29. The first kappa shape index (κ1) is 11.4. The molecule has 0 aliphatic carbocycles. The number of hydrogen-bond donors (Lipinski definition) is 1. The molecule has 1 aromatic carbocycles. The molecule has 0 atom stereocenters. The molecule has 3 nitrogen and oxygen atoms in total. The first-order chi connectivity index (χ1) is 8.78. The van der Waals surface area contributed by atoms with E-state index in [9.17, 15) is 0 Å². The van der Waals surface area contributed by atoms with Gasteiger partial charge in [0.2, 0.25) is 0 Å². The van der Waals surface area contributed by atoms with Gasteiger partial charge in [0, 0.05) is 21.6 Å². The molecule has 0 unspecified atom stereocenters. The molecule has 0 radical (unpaired) electrons. The van der Waals surface area contributed by atoms with Crippen molar-refractivity contribution in [3.05, 3.63) is 52.8 Å². The maximum atomic E-state index is 9.03. The van der Waals surface area contributed by atoms with Crippen LogP contribution < -0.4 is 0 Å². The third kappa shape index (κ3) is 1.94. The molecule has 1 N–H and O–H groups in total. The summed E-state index contributed by atoms with van der Waals surface area (Å²) in [7, 11) is 0. The van der Waals surface area contributed by atoms with E-state index < -0.39 is 0 Å². The molecule has 0 spiro atoms. The Bertz CT molecular complexity index is 706. The van der Waals surface area contributed by atoms with E-state index in [0.29, 0.717) is 5.76 Å². The summed E-state index contributed by atoms with van der Waals surface area (Å²) in [5.41, 5.74) is 1.82. The van der Waals surface area contributed by atoms with Crippen molar-refractivity contribution >= 4 is 26.8 Å². The summed E-state index contributed by atoms with van der Waals surface area (Å²) >= 11 is 3.41. The highest BCUT2D eigenvalue weighted by atomic mass is 79.9. The minimum Gasteiger partial charge on any atom is -0.459 e. The summed E-state index contributed by atoms with van der Waals surface area (Å²) in [6.07, 6.45) is 1.77. The molecule has 0 saturated heterocycles. The summed E-state index contributed by atoms with van der Waals surface area (Å²) < 4.78 is 6.50. The van der Waals surface area contributed by atoms with Crippen LogP contribution in [0.5, 0.6) is 0 Å². The Morgan fingerprint density at radius 1 is 1.22 bits per heavy atom. The van der Waals surface area contributed by atoms with E-state index in [-0.39, 0.29) is 6.61 Å². The Labute approximate surface area is 112 Å². The third-order valence-corrected chi connectivity index (χ3v) is 3.19. The zero-order valence-electron chi connectivity index (χ0n) is 9.43. The number of hydrogen-bond acceptors (Lipinski definition) is 3. The molecule has 2 heterocycles. The second-order valence-corrected chi connectivity index (χ2v) is 4.87. The second kappa shape index (κ2) is 4.55. The van der Waals surface area contributed by atoms with Gasteiger partial charge in [0.05, 0.1) is 5.52 Å². The lowest BCUT2D eigenvalue weighted by atomic mass is 10.1. The van der Waals surface area contributed by atoms with Crippen LogP contribution in [0, 0.1) is 0 Å². The van der Waals surface area contributed by atoms with Crippen molar-refractivity contribution in [2.75, 3.05) is 0 Å². The number of aliphatic hydroxyl groups is 1. The number of aliphatic hydroxyl groups excluding tert-OH is 1. The number of pyridine rings is 1. The first-order valence-corrected chi connectivity index (χ1v) is 6.31. The van der Waals surface area contributed by atoms with E-state index in [4.69, 9.17) is 9.52 Å². The van der Waals surface area contributed by atoms with E-state index in [1.165, 1.54) is 0 Å². The fourth-order valence-electron chi connectivity index (χ4n) is 1.94. The van der Waals surface area contributed by atoms with E-state index in [2.05, 4.69) is 20.9 Å². The summed E-state index contributed by atoms with van der Waals surface area (Å²) in [5.74, 6) is 1.28. The van der Waals surface area contributed by atoms with Crippen LogP contribution >= 0.6 is 15.9 Å². The van der Waals surface area contributed by atoms with Crippen LogP contribution in [0.3, 0.4) is 0 Å². The van der Waals surface area contributed by atoms with Crippen molar-refractivity contribution in [3.8, 4) is 11.3 Å². The molecular weight excluding hydrogens is 294 g/mol. The molecule has 0 fully saturated rings. The summed E-state index contributed by atoms with van der Waals surface area (Å²) in [4.78, 5) is 4.42. The number of nitrogens with zero attached hydrogens (tertiary/aromatic N) is 1. The lowest BCUT2D eigenvalue weighted by Gasteiger charge is -2.03. The van der Waals surface area contributed by atoms with Gasteiger partial charge in [-0.1, -0.05) is 12.1 Å². The molecule has 3 rings (SSSR count). The molecule has 0 aliphatic rings. The average molecular weight is 304 g/mol.